The fourth-order valence-electron chi connectivity index (χ4n) is 2.31. The van der Waals surface area contributed by atoms with Gasteiger partial charge < -0.3 is 21.1 Å². The molecule has 1 atom stereocenters. The molecule has 0 radical (unpaired) electrons. The molecule has 25 heavy (non-hydrogen) atoms. The average molecular weight is 349 g/mol. The van der Waals surface area contributed by atoms with Crippen LogP contribution in [0, 0.1) is 0 Å². The number of amides is 2. The van der Waals surface area contributed by atoms with Gasteiger partial charge in [-0.25, -0.2) is 0 Å². The summed E-state index contributed by atoms with van der Waals surface area (Å²) in [5, 5.41) is 17.2. The van der Waals surface area contributed by atoms with E-state index in [0.717, 1.165) is 24.9 Å². The smallest absolute Gasteiger partial charge is 0.303 e. The second-order valence-electron chi connectivity index (χ2n) is 5.81. The Labute approximate surface area is 148 Å². The summed E-state index contributed by atoms with van der Waals surface area (Å²) in [4.78, 5) is 34.9. The quantitative estimate of drug-likeness (QED) is 0.415. The minimum atomic E-state index is -1.04. The molecule has 7 nitrogen and oxygen atoms in total. The van der Waals surface area contributed by atoms with Gasteiger partial charge in [0.2, 0.25) is 11.8 Å². The fraction of sp³-hybridized carbons (Fsp3) is 0.500. The van der Waals surface area contributed by atoms with E-state index < -0.39 is 17.9 Å². The Kier molecular flexibility index (Phi) is 9.92. The molecule has 0 bridgehead atoms. The van der Waals surface area contributed by atoms with Gasteiger partial charge in [0.25, 0.3) is 0 Å². The van der Waals surface area contributed by atoms with Crippen LogP contribution in [0.2, 0.25) is 0 Å². The van der Waals surface area contributed by atoms with E-state index in [1.165, 1.54) is 0 Å². The van der Waals surface area contributed by atoms with Crippen LogP contribution < -0.4 is 16.0 Å². The maximum absolute atomic E-state index is 12.4. The van der Waals surface area contributed by atoms with Crippen LogP contribution in [0.1, 0.15) is 31.2 Å². The third-order valence-electron chi connectivity index (χ3n) is 3.65. The molecule has 0 aliphatic heterocycles. The largest absolute Gasteiger partial charge is 0.481 e. The molecular weight excluding hydrogens is 322 g/mol. The molecule has 1 aromatic rings. The van der Waals surface area contributed by atoms with Crippen LogP contribution >= 0.6 is 0 Å². The number of aliphatic carboxylic acids is 1. The van der Waals surface area contributed by atoms with Crippen molar-refractivity contribution >= 4 is 17.8 Å². The molecule has 0 aliphatic rings. The Balaban J connectivity index is 2.58. The molecule has 4 N–H and O–H groups in total. The molecule has 1 rings (SSSR count). The van der Waals surface area contributed by atoms with Gasteiger partial charge in [-0.15, -0.1) is 0 Å². The highest BCUT2D eigenvalue weighted by atomic mass is 16.4. The zero-order valence-electron chi connectivity index (χ0n) is 14.6. The maximum atomic E-state index is 12.4. The lowest BCUT2D eigenvalue weighted by Gasteiger charge is -2.18. The van der Waals surface area contributed by atoms with Gasteiger partial charge in [-0.2, -0.15) is 0 Å². The molecular formula is C18H27N3O4. The van der Waals surface area contributed by atoms with E-state index in [2.05, 4.69) is 16.0 Å². The van der Waals surface area contributed by atoms with Gasteiger partial charge in [0, 0.05) is 19.4 Å². The molecule has 138 valence electrons. The first-order valence-corrected chi connectivity index (χ1v) is 8.50. The van der Waals surface area contributed by atoms with Crippen LogP contribution in [0.3, 0.4) is 0 Å². The van der Waals surface area contributed by atoms with Gasteiger partial charge in [0.1, 0.15) is 6.04 Å². The second-order valence-corrected chi connectivity index (χ2v) is 5.81. The van der Waals surface area contributed by atoms with E-state index in [1.807, 2.05) is 37.4 Å². The van der Waals surface area contributed by atoms with Gasteiger partial charge in [-0.05, 0) is 32.0 Å². The normalized spacial score (nSPS) is 11.6. The topological polar surface area (TPSA) is 108 Å². The van der Waals surface area contributed by atoms with Crippen molar-refractivity contribution in [3.8, 4) is 0 Å². The lowest BCUT2D eigenvalue weighted by atomic mass is 10.0. The van der Waals surface area contributed by atoms with Crippen LogP contribution in [0.25, 0.3) is 0 Å². The Hall–Kier alpha value is -2.41. The predicted molar refractivity (Wildman–Crippen MR) is 95.1 cm³/mol. The summed E-state index contributed by atoms with van der Waals surface area (Å²) in [6.07, 6.45) is 1.76. The average Bonchev–Trinajstić information content (AvgIpc) is 2.60. The Morgan fingerprint density at radius 2 is 1.72 bits per heavy atom. The minimum Gasteiger partial charge on any atom is -0.481 e. The van der Waals surface area contributed by atoms with Crippen LogP contribution in [0.15, 0.2) is 30.3 Å². The SMILES string of the molecule is CNCCCCNC(=O)C(Cc1ccccc1)NC(=O)CCC(=O)O. The molecule has 2 amide bonds. The first kappa shape index (κ1) is 20.6. The Morgan fingerprint density at radius 3 is 2.36 bits per heavy atom. The molecule has 0 saturated carbocycles. The number of carboxylic acid groups (broad SMARTS) is 1. The lowest BCUT2D eigenvalue weighted by Crippen LogP contribution is -2.48. The lowest BCUT2D eigenvalue weighted by molar-refractivity contribution is -0.139. The van der Waals surface area contributed by atoms with E-state index >= 15 is 0 Å². The van der Waals surface area contributed by atoms with Crippen molar-refractivity contribution in [2.45, 2.75) is 38.1 Å². The number of benzene rings is 1. The fourth-order valence-corrected chi connectivity index (χ4v) is 2.31. The van der Waals surface area contributed by atoms with Crippen LogP contribution in [0.5, 0.6) is 0 Å². The molecule has 0 aromatic heterocycles. The molecule has 7 heteroatoms. The minimum absolute atomic E-state index is 0.143. The van der Waals surface area contributed by atoms with Crippen LogP contribution in [-0.4, -0.2) is 49.1 Å². The Morgan fingerprint density at radius 1 is 1.04 bits per heavy atom. The molecule has 0 saturated heterocycles. The van der Waals surface area contributed by atoms with Crippen molar-refractivity contribution in [1.29, 1.82) is 0 Å². The van der Waals surface area contributed by atoms with Crippen molar-refractivity contribution in [3.63, 3.8) is 0 Å². The number of hydrogen-bond acceptors (Lipinski definition) is 4. The highest BCUT2D eigenvalue weighted by Crippen LogP contribution is 2.04. The molecule has 0 fully saturated rings. The number of nitrogens with one attached hydrogen (secondary N) is 3. The number of carbonyl (C=O) groups is 3. The zero-order valence-corrected chi connectivity index (χ0v) is 14.6. The molecule has 0 spiro atoms. The van der Waals surface area contributed by atoms with Crippen molar-refractivity contribution in [3.05, 3.63) is 35.9 Å². The highest BCUT2D eigenvalue weighted by molar-refractivity contribution is 5.88. The number of unbranched alkanes of at least 4 members (excludes halogenated alkanes) is 1. The van der Waals surface area contributed by atoms with Gasteiger partial charge in [0.05, 0.1) is 6.42 Å². The van der Waals surface area contributed by atoms with Gasteiger partial charge in [-0.1, -0.05) is 30.3 Å². The summed E-state index contributed by atoms with van der Waals surface area (Å²) in [5.74, 6) is -1.73. The van der Waals surface area contributed by atoms with E-state index in [9.17, 15) is 14.4 Å². The standard InChI is InChI=1S/C18H27N3O4/c1-19-11-5-6-12-20-18(25)15(13-14-7-3-2-4-8-14)21-16(22)9-10-17(23)24/h2-4,7-8,15,19H,5-6,9-13H2,1H3,(H,20,25)(H,21,22)(H,23,24). The van der Waals surface area contributed by atoms with E-state index in [1.54, 1.807) is 0 Å². The summed E-state index contributed by atoms with van der Waals surface area (Å²) in [5.41, 5.74) is 0.927. The van der Waals surface area contributed by atoms with Gasteiger partial charge >= 0.3 is 5.97 Å². The van der Waals surface area contributed by atoms with Crippen molar-refractivity contribution < 1.29 is 19.5 Å². The van der Waals surface area contributed by atoms with Crippen LogP contribution in [-0.2, 0) is 20.8 Å². The first-order valence-electron chi connectivity index (χ1n) is 8.50. The molecule has 1 aromatic carbocycles. The summed E-state index contributed by atoms with van der Waals surface area (Å²) < 4.78 is 0. The van der Waals surface area contributed by atoms with Crippen molar-refractivity contribution in [2.75, 3.05) is 20.1 Å². The van der Waals surface area contributed by atoms with Crippen molar-refractivity contribution in [2.24, 2.45) is 0 Å². The molecule has 0 aliphatic carbocycles. The summed E-state index contributed by atoms with van der Waals surface area (Å²) in [6, 6.07) is 8.68. The number of rotatable bonds is 12. The monoisotopic (exact) mass is 349 g/mol. The van der Waals surface area contributed by atoms with Crippen LogP contribution in [0.4, 0.5) is 0 Å². The summed E-state index contributed by atoms with van der Waals surface area (Å²) >= 11 is 0. The van der Waals surface area contributed by atoms with Gasteiger partial charge in [-0.3, -0.25) is 14.4 Å². The number of carboxylic acids is 1. The van der Waals surface area contributed by atoms with E-state index in [4.69, 9.17) is 5.11 Å². The third kappa shape index (κ3) is 9.46. The maximum Gasteiger partial charge on any atom is 0.303 e. The molecule has 0 heterocycles. The third-order valence-corrected chi connectivity index (χ3v) is 3.65. The van der Waals surface area contributed by atoms with E-state index in [-0.39, 0.29) is 18.7 Å². The second kappa shape index (κ2) is 12.0. The zero-order chi connectivity index (χ0) is 18.5. The van der Waals surface area contributed by atoms with E-state index in [0.29, 0.717) is 13.0 Å². The molecule has 1 unspecified atom stereocenters. The first-order chi connectivity index (χ1) is 12.0. The summed E-state index contributed by atoms with van der Waals surface area (Å²) in [7, 11) is 1.88. The predicted octanol–water partition coefficient (Wildman–Crippen LogP) is 0.695. The Bertz CT molecular complexity index is 549. The summed E-state index contributed by atoms with van der Waals surface area (Å²) in [6.45, 7) is 1.42. The number of hydrogen-bond donors (Lipinski definition) is 4. The number of carbonyl (C=O) groups excluding carboxylic acids is 2. The highest BCUT2D eigenvalue weighted by Gasteiger charge is 2.21. The van der Waals surface area contributed by atoms with Crippen molar-refractivity contribution in [1.82, 2.24) is 16.0 Å². The van der Waals surface area contributed by atoms with Gasteiger partial charge in [0.15, 0.2) is 0 Å².